The summed E-state index contributed by atoms with van der Waals surface area (Å²) in [4.78, 5) is 19.6. The number of allylic oxidation sites excluding steroid dienone is 1. The van der Waals surface area contributed by atoms with Crippen molar-refractivity contribution in [3.63, 3.8) is 0 Å². The molecule has 0 atom stereocenters. The summed E-state index contributed by atoms with van der Waals surface area (Å²) in [6.07, 6.45) is 4.88. The monoisotopic (exact) mass is 407 g/mol. The van der Waals surface area contributed by atoms with Gasteiger partial charge in [0.15, 0.2) is 0 Å². The Morgan fingerprint density at radius 1 is 1.27 bits per heavy atom. The number of ether oxygens (including phenoxy) is 1. The van der Waals surface area contributed by atoms with Gasteiger partial charge in [-0.15, -0.1) is 0 Å². The molecule has 0 radical (unpaired) electrons. The van der Waals surface area contributed by atoms with Crippen LogP contribution < -0.4 is 10.6 Å². The molecule has 2 aliphatic rings. The third kappa shape index (κ3) is 3.95. The molecule has 30 heavy (non-hydrogen) atoms. The fourth-order valence-electron chi connectivity index (χ4n) is 4.30. The van der Waals surface area contributed by atoms with E-state index in [0.717, 1.165) is 54.8 Å². The third-order valence-electron chi connectivity index (χ3n) is 5.95. The number of hydrogen-bond acceptors (Lipinski definition) is 6. The second-order valence-corrected chi connectivity index (χ2v) is 9.13. The number of anilines is 1. The molecule has 2 aliphatic heterocycles. The standard InChI is InChI=1S/C23H29N5O2/c1-22(14-30-15-22)11-28-12-23(2,13-28)21(29)27-20-7-18-6-16(19(8-24)9-25-3)4-5-17(18)10-26-20/h4-10,24-25H,11-15H2,1-3H3,(H,26,27,29)/b19-9+,24-8?. The molecule has 7 nitrogen and oxygen atoms in total. The molecule has 1 aromatic carbocycles. The molecular weight excluding hydrogens is 378 g/mol. The van der Waals surface area contributed by atoms with E-state index in [1.54, 1.807) is 12.4 Å². The zero-order valence-electron chi connectivity index (χ0n) is 17.8. The minimum absolute atomic E-state index is 0.00651. The van der Waals surface area contributed by atoms with Crippen molar-refractivity contribution in [1.82, 2.24) is 15.2 Å². The second kappa shape index (κ2) is 7.81. The normalized spacial score (nSPS) is 20.2. The van der Waals surface area contributed by atoms with Gasteiger partial charge in [0.05, 0.1) is 18.6 Å². The number of benzene rings is 1. The topological polar surface area (TPSA) is 90.3 Å². The van der Waals surface area contributed by atoms with Crippen LogP contribution in [0.5, 0.6) is 0 Å². The highest BCUT2D eigenvalue weighted by Gasteiger charge is 2.48. The van der Waals surface area contributed by atoms with Gasteiger partial charge < -0.3 is 25.7 Å². The van der Waals surface area contributed by atoms with E-state index >= 15 is 0 Å². The molecule has 158 valence electrons. The molecule has 0 spiro atoms. The molecule has 3 heterocycles. The quantitative estimate of drug-likeness (QED) is 0.614. The maximum atomic E-state index is 12.9. The van der Waals surface area contributed by atoms with Crippen LogP contribution in [0.3, 0.4) is 0 Å². The molecule has 4 rings (SSSR count). The van der Waals surface area contributed by atoms with Crippen LogP contribution in [0, 0.1) is 16.2 Å². The number of aromatic nitrogens is 1. The molecule has 2 aromatic rings. The molecule has 2 fully saturated rings. The van der Waals surface area contributed by atoms with Crippen molar-refractivity contribution in [2.24, 2.45) is 10.8 Å². The van der Waals surface area contributed by atoms with Gasteiger partial charge in [-0.1, -0.05) is 19.1 Å². The van der Waals surface area contributed by atoms with Crippen LogP contribution in [0.1, 0.15) is 19.4 Å². The lowest BCUT2D eigenvalue weighted by atomic mass is 9.78. The summed E-state index contributed by atoms with van der Waals surface area (Å²) >= 11 is 0. The first-order valence-electron chi connectivity index (χ1n) is 10.2. The number of hydrogen-bond donors (Lipinski definition) is 3. The summed E-state index contributed by atoms with van der Waals surface area (Å²) < 4.78 is 5.33. The molecule has 0 bridgehead atoms. The molecule has 2 saturated heterocycles. The van der Waals surface area contributed by atoms with E-state index in [1.807, 2.05) is 38.2 Å². The number of fused-ring (bicyclic) bond motifs is 1. The van der Waals surface area contributed by atoms with E-state index in [0.29, 0.717) is 5.82 Å². The van der Waals surface area contributed by atoms with Crippen molar-refractivity contribution in [3.8, 4) is 0 Å². The Morgan fingerprint density at radius 3 is 2.67 bits per heavy atom. The van der Waals surface area contributed by atoms with E-state index in [4.69, 9.17) is 10.1 Å². The lowest BCUT2D eigenvalue weighted by molar-refractivity contribution is -0.149. The number of pyridine rings is 1. The van der Waals surface area contributed by atoms with Crippen molar-refractivity contribution in [2.75, 3.05) is 45.2 Å². The summed E-state index contributed by atoms with van der Waals surface area (Å²) in [5.74, 6) is 0.560. The van der Waals surface area contributed by atoms with Crippen LogP contribution in [-0.2, 0) is 9.53 Å². The van der Waals surface area contributed by atoms with Gasteiger partial charge in [0.2, 0.25) is 5.91 Å². The fraction of sp³-hybridized carbons (Fsp3) is 0.435. The first kappa shape index (κ1) is 20.5. The zero-order chi connectivity index (χ0) is 21.4. The maximum absolute atomic E-state index is 12.9. The molecule has 0 aliphatic carbocycles. The highest BCUT2D eigenvalue weighted by atomic mass is 16.5. The molecule has 7 heteroatoms. The zero-order valence-corrected chi connectivity index (χ0v) is 17.8. The average Bonchev–Trinajstić information content (AvgIpc) is 2.68. The number of nitrogens with zero attached hydrogens (tertiary/aromatic N) is 2. The predicted molar refractivity (Wildman–Crippen MR) is 120 cm³/mol. The number of carbonyl (C=O) groups is 1. The Kier molecular flexibility index (Phi) is 5.34. The number of likely N-dealkylation sites (tertiary alicyclic amines) is 1. The van der Waals surface area contributed by atoms with Crippen molar-refractivity contribution >= 4 is 34.3 Å². The van der Waals surface area contributed by atoms with Gasteiger partial charge in [-0.05, 0) is 30.0 Å². The van der Waals surface area contributed by atoms with Crippen molar-refractivity contribution < 1.29 is 9.53 Å². The van der Waals surface area contributed by atoms with Crippen LogP contribution in [0.25, 0.3) is 16.3 Å². The van der Waals surface area contributed by atoms with Crippen molar-refractivity contribution in [2.45, 2.75) is 13.8 Å². The Labute approximate surface area is 177 Å². The van der Waals surface area contributed by atoms with Gasteiger partial charge in [-0.3, -0.25) is 4.79 Å². The Hall–Kier alpha value is -2.77. The van der Waals surface area contributed by atoms with Crippen LogP contribution >= 0.6 is 0 Å². The van der Waals surface area contributed by atoms with Crippen LogP contribution in [0.15, 0.2) is 36.7 Å². The van der Waals surface area contributed by atoms with Gasteiger partial charge in [-0.2, -0.15) is 0 Å². The second-order valence-electron chi connectivity index (χ2n) is 9.13. The Balaban J connectivity index is 1.45. The first-order chi connectivity index (χ1) is 14.3. The average molecular weight is 408 g/mol. The predicted octanol–water partition coefficient (Wildman–Crippen LogP) is 2.74. The van der Waals surface area contributed by atoms with Gasteiger partial charge >= 0.3 is 0 Å². The van der Waals surface area contributed by atoms with E-state index in [-0.39, 0.29) is 11.3 Å². The van der Waals surface area contributed by atoms with Gasteiger partial charge in [0.25, 0.3) is 0 Å². The highest BCUT2D eigenvalue weighted by Crippen LogP contribution is 2.36. The summed E-state index contributed by atoms with van der Waals surface area (Å²) in [5.41, 5.74) is 1.55. The molecule has 3 N–H and O–H groups in total. The summed E-state index contributed by atoms with van der Waals surface area (Å²) in [7, 11) is 1.81. The SMILES string of the molecule is CN/C=C(\C=N)c1ccc2cnc(NC(=O)C3(C)CN(CC4(C)COC4)C3)cc2c1. The summed E-state index contributed by atoms with van der Waals surface area (Å²) in [5, 5.41) is 15.5. The van der Waals surface area contributed by atoms with Gasteiger partial charge in [-0.25, -0.2) is 4.98 Å². The van der Waals surface area contributed by atoms with E-state index in [9.17, 15) is 4.79 Å². The minimum atomic E-state index is -0.400. The van der Waals surface area contributed by atoms with E-state index in [2.05, 4.69) is 27.4 Å². The van der Waals surface area contributed by atoms with Gasteiger partial charge in [0, 0.05) is 61.7 Å². The number of nitrogens with one attached hydrogen (secondary N) is 3. The maximum Gasteiger partial charge on any atom is 0.234 e. The molecular formula is C23H29N5O2. The molecule has 0 saturated carbocycles. The minimum Gasteiger partial charge on any atom is -0.393 e. The van der Waals surface area contributed by atoms with E-state index < -0.39 is 5.41 Å². The first-order valence-corrected chi connectivity index (χ1v) is 10.2. The lowest BCUT2D eigenvalue weighted by Gasteiger charge is -2.51. The largest absolute Gasteiger partial charge is 0.393 e. The highest BCUT2D eigenvalue weighted by molar-refractivity contribution is 6.09. The summed E-state index contributed by atoms with van der Waals surface area (Å²) in [6, 6.07) is 7.85. The van der Waals surface area contributed by atoms with Crippen molar-refractivity contribution in [3.05, 3.63) is 42.2 Å². The number of carbonyl (C=O) groups excluding carboxylic acids is 1. The molecule has 1 aromatic heterocycles. The van der Waals surface area contributed by atoms with Crippen LogP contribution in [0.4, 0.5) is 5.82 Å². The molecule has 1 amide bonds. The van der Waals surface area contributed by atoms with Crippen LogP contribution in [0.2, 0.25) is 0 Å². The number of rotatable bonds is 7. The van der Waals surface area contributed by atoms with E-state index in [1.165, 1.54) is 6.21 Å². The summed E-state index contributed by atoms with van der Waals surface area (Å²) in [6.45, 7) is 8.33. The van der Waals surface area contributed by atoms with Crippen molar-refractivity contribution in [1.29, 1.82) is 5.41 Å². The van der Waals surface area contributed by atoms with Gasteiger partial charge in [0.1, 0.15) is 5.82 Å². The Bertz CT molecular complexity index is 1010. The Morgan fingerprint density at radius 2 is 2.03 bits per heavy atom. The molecule has 0 unspecified atom stereocenters. The lowest BCUT2D eigenvalue weighted by Crippen LogP contribution is -2.63. The third-order valence-corrected chi connectivity index (χ3v) is 5.95. The smallest absolute Gasteiger partial charge is 0.234 e. The van der Waals surface area contributed by atoms with Crippen LogP contribution in [-0.4, -0.2) is 61.9 Å². The fourth-order valence-corrected chi connectivity index (χ4v) is 4.30. The number of amides is 1.